The molecule has 1 aromatic carbocycles. The van der Waals surface area contributed by atoms with E-state index in [1.165, 1.54) is 24.3 Å². The van der Waals surface area contributed by atoms with Crippen LogP contribution in [0.2, 0.25) is 0 Å². The Morgan fingerprint density at radius 3 is 2.39 bits per heavy atom. The molecule has 124 valence electrons. The molecule has 2 saturated carbocycles. The van der Waals surface area contributed by atoms with E-state index in [1.54, 1.807) is 0 Å². The molecule has 0 bridgehead atoms. The average Bonchev–Trinajstić information content (AvgIpc) is 3.42. The van der Waals surface area contributed by atoms with Gasteiger partial charge in [-0.25, -0.2) is 0 Å². The Hall–Kier alpha value is -1.70. The Kier molecular flexibility index (Phi) is 3.01. The van der Waals surface area contributed by atoms with Crippen LogP contribution in [-0.4, -0.2) is 39.2 Å². The van der Waals surface area contributed by atoms with Crippen molar-refractivity contribution in [2.24, 2.45) is 11.3 Å². The topological polar surface area (TPSA) is 102 Å². The van der Waals surface area contributed by atoms with Crippen molar-refractivity contribution in [2.45, 2.75) is 50.3 Å². The number of non-ortho nitro benzene ring substituents is 1. The lowest BCUT2D eigenvalue weighted by Crippen LogP contribution is -2.59. The van der Waals surface area contributed by atoms with Crippen LogP contribution in [0.1, 0.15) is 26.2 Å². The molecule has 7 nitrogen and oxygen atoms in total. The van der Waals surface area contributed by atoms with Crippen LogP contribution in [0.5, 0.6) is 5.75 Å². The second-order valence-electron chi connectivity index (χ2n) is 7.00. The Labute approximate surface area is 133 Å². The van der Waals surface area contributed by atoms with Gasteiger partial charge in [-0.05, 0) is 37.3 Å². The molecule has 0 amide bonds. The van der Waals surface area contributed by atoms with E-state index in [9.17, 15) is 20.3 Å². The Balaban J connectivity index is 1.55. The van der Waals surface area contributed by atoms with Gasteiger partial charge in [0.15, 0.2) is 0 Å². The maximum Gasteiger partial charge on any atom is 0.269 e. The third kappa shape index (κ3) is 2.07. The lowest BCUT2D eigenvalue weighted by molar-refractivity contribution is -0.384. The van der Waals surface area contributed by atoms with Gasteiger partial charge in [0, 0.05) is 17.5 Å². The number of benzene rings is 1. The second-order valence-corrected chi connectivity index (χ2v) is 7.00. The molecule has 3 fully saturated rings. The van der Waals surface area contributed by atoms with Crippen LogP contribution >= 0.6 is 0 Å². The highest BCUT2D eigenvalue weighted by Crippen LogP contribution is 2.66. The first-order valence-electron chi connectivity index (χ1n) is 7.84. The van der Waals surface area contributed by atoms with E-state index in [0.717, 1.165) is 19.3 Å². The Morgan fingerprint density at radius 2 is 1.91 bits per heavy atom. The number of aliphatic hydroxyl groups is 2. The monoisotopic (exact) mass is 321 g/mol. The minimum atomic E-state index is -0.911. The highest BCUT2D eigenvalue weighted by Gasteiger charge is 2.74. The normalized spacial score (nSPS) is 40.1. The largest absolute Gasteiger partial charge is 0.462 e. The fraction of sp³-hybridized carbons (Fsp3) is 0.625. The molecule has 23 heavy (non-hydrogen) atoms. The minimum Gasteiger partial charge on any atom is -0.462 e. The first kappa shape index (κ1) is 14.9. The van der Waals surface area contributed by atoms with Gasteiger partial charge in [0.05, 0.1) is 11.0 Å². The van der Waals surface area contributed by atoms with Crippen molar-refractivity contribution in [2.75, 3.05) is 0 Å². The van der Waals surface area contributed by atoms with Crippen LogP contribution in [0.4, 0.5) is 5.69 Å². The molecule has 2 N–H and O–H groups in total. The molecule has 5 atom stereocenters. The van der Waals surface area contributed by atoms with E-state index >= 15 is 0 Å². The number of nitro benzene ring substituents is 1. The molecule has 1 heterocycles. The molecule has 4 rings (SSSR count). The van der Waals surface area contributed by atoms with Crippen molar-refractivity contribution >= 4 is 5.69 Å². The Bertz CT molecular complexity index is 640. The number of ether oxygens (including phenoxy) is 2. The predicted octanol–water partition coefficient (Wildman–Crippen LogP) is 1.61. The van der Waals surface area contributed by atoms with Crippen molar-refractivity contribution in [3.8, 4) is 5.75 Å². The third-order valence-electron chi connectivity index (χ3n) is 5.62. The maximum absolute atomic E-state index is 10.7. The molecular weight excluding hydrogens is 302 g/mol. The summed E-state index contributed by atoms with van der Waals surface area (Å²) in [7, 11) is 0. The molecule has 2 aliphatic carbocycles. The summed E-state index contributed by atoms with van der Waals surface area (Å²) in [6.07, 6.45) is -0.182. The highest BCUT2D eigenvalue weighted by atomic mass is 16.7. The van der Waals surface area contributed by atoms with Gasteiger partial charge in [-0.3, -0.25) is 10.1 Å². The molecule has 1 aromatic rings. The number of rotatable bonds is 3. The first-order chi connectivity index (χ1) is 10.9. The molecule has 3 aliphatic rings. The van der Waals surface area contributed by atoms with Gasteiger partial charge in [0.25, 0.3) is 5.69 Å². The zero-order chi connectivity index (χ0) is 16.4. The number of nitrogens with zero attached hydrogens (tertiary/aromatic N) is 1. The molecule has 0 radical (unpaired) electrons. The van der Waals surface area contributed by atoms with E-state index in [2.05, 4.69) is 0 Å². The molecule has 1 saturated heterocycles. The minimum absolute atomic E-state index is 0.0242. The SMILES string of the molecule is CC1C[C@]12O[C@H](Oc1ccc([N+](=O)[O-])cc1)[C@@H](O)C1(CC1)[C@@H]2O. The van der Waals surface area contributed by atoms with Gasteiger partial charge in [-0.2, -0.15) is 0 Å². The van der Waals surface area contributed by atoms with Gasteiger partial charge in [-0.15, -0.1) is 0 Å². The van der Waals surface area contributed by atoms with Crippen LogP contribution < -0.4 is 4.74 Å². The van der Waals surface area contributed by atoms with Crippen molar-refractivity contribution in [1.82, 2.24) is 0 Å². The maximum atomic E-state index is 10.7. The van der Waals surface area contributed by atoms with Gasteiger partial charge in [0.1, 0.15) is 17.5 Å². The summed E-state index contributed by atoms with van der Waals surface area (Å²) in [6.45, 7) is 2.01. The van der Waals surface area contributed by atoms with Crippen LogP contribution in [0.15, 0.2) is 24.3 Å². The lowest BCUT2D eigenvalue weighted by atomic mass is 9.83. The Morgan fingerprint density at radius 1 is 1.30 bits per heavy atom. The zero-order valence-electron chi connectivity index (χ0n) is 12.7. The van der Waals surface area contributed by atoms with Crippen LogP contribution in [0, 0.1) is 21.4 Å². The van der Waals surface area contributed by atoms with Crippen molar-refractivity contribution < 1.29 is 24.6 Å². The third-order valence-corrected chi connectivity index (χ3v) is 5.62. The molecular formula is C16H19NO6. The molecule has 1 aliphatic heterocycles. The lowest BCUT2D eigenvalue weighted by Gasteiger charge is -2.44. The first-order valence-corrected chi connectivity index (χ1v) is 7.84. The van der Waals surface area contributed by atoms with Gasteiger partial charge < -0.3 is 19.7 Å². The summed E-state index contributed by atoms with van der Waals surface area (Å²) in [6, 6.07) is 5.67. The number of aliphatic hydroxyl groups excluding tert-OH is 2. The van der Waals surface area contributed by atoms with Crippen LogP contribution in [-0.2, 0) is 4.74 Å². The van der Waals surface area contributed by atoms with Gasteiger partial charge in [0.2, 0.25) is 6.29 Å². The highest BCUT2D eigenvalue weighted by molar-refractivity contribution is 5.36. The van der Waals surface area contributed by atoms with Crippen LogP contribution in [0.25, 0.3) is 0 Å². The fourth-order valence-corrected chi connectivity index (χ4v) is 3.81. The van der Waals surface area contributed by atoms with E-state index in [1.807, 2.05) is 6.92 Å². The average molecular weight is 321 g/mol. The van der Waals surface area contributed by atoms with Crippen LogP contribution in [0.3, 0.4) is 0 Å². The summed E-state index contributed by atoms with van der Waals surface area (Å²) < 4.78 is 11.7. The molecule has 0 aromatic heterocycles. The zero-order valence-corrected chi connectivity index (χ0v) is 12.7. The standard InChI is InChI=1S/C16H19NO6/c1-9-8-16(9)14(19)15(6-7-15)12(18)13(23-16)22-11-4-2-10(3-5-11)17(20)21/h2-5,9,12-14,18-19H,6-8H2,1H3/t9?,12-,13+,14+,16+/m1/s1. The summed E-state index contributed by atoms with van der Waals surface area (Å²) in [5.41, 5.74) is -1.18. The van der Waals surface area contributed by atoms with E-state index < -0.39 is 34.4 Å². The van der Waals surface area contributed by atoms with Gasteiger partial charge >= 0.3 is 0 Å². The quantitative estimate of drug-likeness (QED) is 0.648. The summed E-state index contributed by atoms with van der Waals surface area (Å²) in [4.78, 5) is 10.2. The van der Waals surface area contributed by atoms with E-state index in [0.29, 0.717) is 5.75 Å². The van der Waals surface area contributed by atoms with Crippen molar-refractivity contribution in [3.05, 3.63) is 34.4 Å². The number of nitro groups is 1. The fourth-order valence-electron chi connectivity index (χ4n) is 3.81. The smallest absolute Gasteiger partial charge is 0.269 e. The number of hydrogen-bond donors (Lipinski definition) is 2. The summed E-state index contributed by atoms with van der Waals surface area (Å²) in [5.74, 6) is 0.626. The van der Waals surface area contributed by atoms with E-state index in [-0.39, 0.29) is 11.6 Å². The van der Waals surface area contributed by atoms with Crippen molar-refractivity contribution in [1.29, 1.82) is 0 Å². The van der Waals surface area contributed by atoms with Gasteiger partial charge in [-0.1, -0.05) is 6.92 Å². The second kappa shape index (κ2) is 4.66. The van der Waals surface area contributed by atoms with Crippen molar-refractivity contribution in [3.63, 3.8) is 0 Å². The summed E-state index contributed by atoms with van der Waals surface area (Å²) in [5, 5.41) is 31.8. The molecule has 7 heteroatoms. The predicted molar refractivity (Wildman–Crippen MR) is 78.8 cm³/mol. The molecule has 2 spiro atoms. The summed E-state index contributed by atoms with van der Waals surface area (Å²) >= 11 is 0. The number of hydrogen-bond acceptors (Lipinski definition) is 6. The van der Waals surface area contributed by atoms with E-state index in [4.69, 9.17) is 9.47 Å². The molecule has 1 unspecified atom stereocenters.